The number of amides is 3. The van der Waals surface area contributed by atoms with Crippen molar-refractivity contribution in [1.82, 2.24) is 28.9 Å². The van der Waals surface area contributed by atoms with Gasteiger partial charge in [-0.05, 0) is 67.1 Å². The van der Waals surface area contributed by atoms with Gasteiger partial charge in [-0.2, -0.15) is 0 Å². The van der Waals surface area contributed by atoms with Crippen LogP contribution in [0.2, 0.25) is 0 Å². The molecule has 6 heterocycles. The van der Waals surface area contributed by atoms with Crippen LogP contribution in [0.5, 0.6) is 0 Å². The van der Waals surface area contributed by atoms with Gasteiger partial charge in [-0.25, -0.2) is 14.8 Å². The number of likely N-dealkylation sites (tertiary alicyclic amines) is 2. The molecule has 2 atom stereocenters. The van der Waals surface area contributed by atoms with Crippen LogP contribution in [0, 0.1) is 12.8 Å². The highest BCUT2D eigenvalue weighted by atomic mass is 32.1. The number of thiophene rings is 1. The number of piperidine rings is 2. The molecule has 0 bridgehead atoms. The van der Waals surface area contributed by atoms with Gasteiger partial charge in [-0.15, -0.1) is 11.3 Å². The van der Waals surface area contributed by atoms with E-state index < -0.39 is 11.7 Å². The molecule has 264 valence electrons. The molecular formula is C37H39N7O6S. The van der Waals surface area contributed by atoms with Crippen LogP contribution in [0.15, 0.2) is 78.1 Å². The first kappa shape index (κ1) is 34.1. The highest BCUT2D eigenvalue weighted by Crippen LogP contribution is 2.38. The van der Waals surface area contributed by atoms with Crippen LogP contribution in [0.25, 0.3) is 21.5 Å². The quantitative estimate of drug-likeness (QED) is 0.222. The number of anilines is 1. The number of carboxylic acid groups (broad SMARTS) is 1. The van der Waals surface area contributed by atoms with Crippen LogP contribution in [0.4, 0.5) is 10.6 Å². The fourth-order valence-corrected chi connectivity index (χ4v) is 8.50. The Bertz CT molecular complexity index is 2170. The van der Waals surface area contributed by atoms with Crippen molar-refractivity contribution >= 4 is 46.1 Å². The van der Waals surface area contributed by atoms with E-state index in [4.69, 9.17) is 5.11 Å². The summed E-state index contributed by atoms with van der Waals surface area (Å²) >= 11 is 1.35. The van der Waals surface area contributed by atoms with E-state index in [1.807, 2.05) is 60.2 Å². The van der Waals surface area contributed by atoms with Crippen molar-refractivity contribution in [2.45, 2.75) is 44.2 Å². The monoisotopic (exact) mass is 709 g/mol. The maximum atomic E-state index is 14.2. The fraction of sp³-hybridized carbons (Fsp3) is 0.351. The summed E-state index contributed by atoms with van der Waals surface area (Å²) in [6.45, 7) is 3.51. The molecule has 51 heavy (non-hydrogen) atoms. The summed E-state index contributed by atoms with van der Waals surface area (Å²) in [6, 6.07) is 16.9. The predicted octanol–water partition coefficient (Wildman–Crippen LogP) is 4.56. The zero-order chi connectivity index (χ0) is 35.9. The van der Waals surface area contributed by atoms with E-state index in [1.54, 1.807) is 29.0 Å². The SMILES string of the molecule is Cc1cc(-c2ccnc(NC(=O)O)c2)sc1C(=O)N1CC[C@@H](C(=O)N2CCC(O)(Cn3cnc4c(ccn4C)c3=O)CC2)[C@H](c2ccccc2)C1. The Hall–Kier alpha value is -5.34. The molecule has 5 aromatic rings. The second kappa shape index (κ2) is 13.8. The van der Waals surface area contributed by atoms with Gasteiger partial charge >= 0.3 is 6.09 Å². The molecule has 0 aliphatic carbocycles. The van der Waals surface area contributed by atoms with Crippen LogP contribution in [-0.2, 0) is 18.4 Å². The molecule has 13 nitrogen and oxygen atoms in total. The second-order valence-electron chi connectivity index (χ2n) is 13.5. The molecule has 2 saturated heterocycles. The third-order valence-corrected chi connectivity index (χ3v) is 11.4. The Kier molecular flexibility index (Phi) is 9.21. The fourth-order valence-electron chi connectivity index (χ4n) is 7.36. The van der Waals surface area contributed by atoms with Gasteiger partial charge in [0.05, 0.1) is 22.4 Å². The summed E-state index contributed by atoms with van der Waals surface area (Å²) < 4.78 is 3.24. The van der Waals surface area contributed by atoms with Crippen LogP contribution in [-0.4, -0.2) is 88.8 Å². The van der Waals surface area contributed by atoms with Gasteiger partial charge in [0.1, 0.15) is 17.8 Å². The summed E-state index contributed by atoms with van der Waals surface area (Å²) in [5.41, 5.74) is 1.80. The highest BCUT2D eigenvalue weighted by Gasteiger charge is 2.42. The van der Waals surface area contributed by atoms with Crippen molar-refractivity contribution < 1.29 is 24.6 Å². The first-order chi connectivity index (χ1) is 24.5. The summed E-state index contributed by atoms with van der Waals surface area (Å²) in [5, 5.41) is 23.4. The van der Waals surface area contributed by atoms with Crippen LogP contribution in [0.3, 0.4) is 0 Å². The van der Waals surface area contributed by atoms with Gasteiger partial charge in [-0.1, -0.05) is 30.3 Å². The minimum Gasteiger partial charge on any atom is -0.465 e. The van der Waals surface area contributed by atoms with Crippen molar-refractivity contribution in [3.05, 3.63) is 99.7 Å². The van der Waals surface area contributed by atoms with E-state index in [1.165, 1.54) is 28.4 Å². The summed E-state index contributed by atoms with van der Waals surface area (Å²) in [4.78, 5) is 66.0. The van der Waals surface area contributed by atoms with E-state index in [9.17, 15) is 24.3 Å². The number of aliphatic hydroxyl groups is 1. The number of aryl methyl sites for hydroxylation is 2. The number of benzene rings is 1. The molecule has 7 rings (SSSR count). The molecule has 2 fully saturated rings. The maximum Gasteiger partial charge on any atom is 0.410 e. The minimum atomic E-state index is -1.21. The third kappa shape index (κ3) is 6.88. The molecule has 0 radical (unpaired) electrons. The molecule has 2 aliphatic rings. The largest absolute Gasteiger partial charge is 0.465 e. The topological polar surface area (TPSA) is 163 Å². The van der Waals surface area contributed by atoms with Gasteiger partial charge in [0, 0.05) is 62.3 Å². The average molecular weight is 710 g/mol. The first-order valence-electron chi connectivity index (χ1n) is 16.9. The van der Waals surface area contributed by atoms with E-state index in [-0.39, 0.29) is 41.6 Å². The summed E-state index contributed by atoms with van der Waals surface area (Å²) in [7, 11) is 1.83. The lowest BCUT2D eigenvalue weighted by molar-refractivity contribution is -0.142. The lowest BCUT2D eigenvalue weighted by atomic mass is 9.79. The number of rotatable bonds is 7. The highest BCUT2D eigenvalue weighted by molar-refractivity contribution is 7.17. The molecule has 1 aromatic carbocycles. The molecule has 3 amide bonds. The molecule has 2 aliphatic heterocycles. The lowest BCUT2D eigenvalue weighted by Crippen LogP contribution is -2.53. The predicted molar refractivity (Wildman–Crippen MR) is 193 cm³/mol. The molecule has 0 saturated carbocycles. The Balaban J connectivity index is 1.05. The smallest absolute Gasteiger partial charge is 0.410 e. The second-order valence-corrected chi connectivity index (χ2v) is 14.6. The van der Waals surface area contributed by atoms with Gasteiger partial charge < -0.3 is 24.6 Å². The lowest BCUT2D eigenvalue weighted by Gasteiger charge is -2.43. The van der Waals surface area contributed by atoms with Gasteiger partial charge in [0.15, 0.2) is 0 Å². The van der Waals surface area contributed by atoms with Gasteiger partial charge in [0.25, 0.3) is 11.5 Å². The maximum absolute atomic E-state index is 14.2. The molecule has 0 spiro atoms. The Morgan fingerprint density at radius 3 is 2.53 bits per heavy atom. The standard InChI is InChI=1S/C37H39N7O6S/c1-23-18-29(25-8-13-38-30(19-25)40-36(48)49)51-31(23)35(47)43-15-10-26(28(20-43)24-6-4-3-5-7-24)33(45)42-16-11-37(50,12-17-42)21-44-22-39-32-27(34(44)46)9-14-41(32)2/h3-9,13-14,18-19,22,26,28,50H,10-12,15-17,20-21H2,1-2H3,(H,38,40)(H,48,49)/t26-,28+/m1/s1. The number of fused-ring (bicyclic) bond motifs is 1. The number of aromatic nitrogens is 4. The van der Waals surface area contributed by atoms with E-state index in [0.29, 0.717) is 61.4 Å². The number of pyridine rings is 1. The Labute approximate surface area is 297 Å². The third-order valence-electron chi connectivity index (χ3n) is 10.2. The van der Waals surface area contributed by atoms with Crippen LogP contribution < -0.4 is 10.9 Å². The zero-order valence-corrected chi connectivity index (χ0v) is 29.2. The average Bonchev–Trinajstić information content (AvgIpc) is 3.71. The van der Waals surface area contributed by atoms with Crippen molar-refractivity contribution in [1.29, 1.82) is 0 Å². The van der Waals surface area contributed by atoms with Crippen LogP contribution >= 0.6 is 11.3 Å². The van der Waals surface area contributed by atoms with Gasteiger partial charge in [-0.3, -0.25) is 24.3 Å². The molecule has 4 aromatic heterocycles. The van der Waals surface area contributed by atoms with E-state index >= 15 is 0 Å². The number of carbonyl (C=O) groups is 3. The molecular weight excluding hydrogens is 671 g/mol. The van der Waals surface area contributed by atoms with E-state index in [2.05, 4.69) is 15.3 Å². The van der Waals surface area contributed by atoms with E-state index in [0.717, 1.165) is 21.6 Å². The van der Waals surface area contributed by atoms with Crippen molar-refractivity contribution in [3.63, 3.8) is 0 Å². The van der Waals surface area contributed by atoms with Crippen molar-refractivity contribution in [2.24, 2.45) is 13.0 Å². The minimum absolute atomic E-state index is 0.0144. The van der Waals surface area contributed by atoms with Crippen LogP contribution in [0.1, 0.15) is 46.0 Å². The number of hydrogen-bond acceptors (Lipinski definition) is 8. The van der Waals surface area contributed by atoms with Gasteiger partial charge in [0.2, 0.25) is 5.91 Å². The molecule has 14 heteroatoms. The van der Waals surface area contributed by atoms with Crippen molar-refractivity contribution in [2.75, 3.05) is 31.5 Å². The normalized spacial score (nSPS) is 18.9. The number of nitrogens with one attached hydrogen (secondary N) is 1. The number of carbonyl (C=O) groups excluding carboxylic acids is 2. The first-order valence-corrected chi connectivity index (χ1v) is 17.7. The Morgan fingerprint density at radius 2 is 1.78 bits per heavy atom. The summed E-state index contributed by atoms with van der Waals surface area (Å²) in [6.07, 6.45) is 4.74. The zero-order valence-electron chi connectivity index (χ0n) is 28.4. The Morgan fingerprint density at radius 1 is 1.02 bits per heavy atom. The number of hydrogen-bond donors (Lipinski definition) is 3. The summed E-state index contributed by atoms with van der Waals surface area (Å²) in [5.74, 6) is -0.445. The molecule has 0 unspecified atom stereocenters. The molecule has 3 N–H and O–H groups in total. The van der Waals surface area contributed by atoms with Crippen molar-refractivity contribution in [3.8, 4) is 10.4 Å². The number of nitrogens with zero attached hydrogens (tertiary/aromatic N) is 6.